The van der Waals surface area contributed by atoms with Gasteiger partial charge in [0.2, 0.25) is 5.91 Å². The summed E-state index contributed by atoms with van der Waals surface area (Å²) in [4.78, 5) is 25.9. The van der Waals surface area contributed by atoms with E-state index in [9.17, 15) is 9.59 Å². The molecule has 0 bridgehead atoms. The summed E-state index contributed by atoms with van der Waals surface area (Å²) in [5, 5.41) is 6.99. The normalized spacial score (nSPS) is 18.3. The fourth-order valence-electron chi connectivity index (χ4n) is 3.93. The average molecular weight is 557 g/mol. The van der Waals surface area contributed by atoms with Crippen molar-refractivity contribution in [3.8, 4) is 0 Å². The van der Waals surface area contributed by atoms with Gasteiger partial charge in [0.25, 0.3) is 0 Å². The summed E-state index contributed by atoms with van der Waals surface area (Å²) < 4.78 is -1.30. The van der Waals surface area contributed by atoms with Crippen molar-refractivity contribution in [2.45, 2.75) is 16.7 Å². The lowest BCUT2D eigenvalue weighted by molar-refractivity contribution is -0.117. The lowest BCUT2D eigenvalue weighted by Crippen LogP contribution is -2.17. The van der Waals surface area contributed by atoms with Crippen molar-refractivity contribution in [3.63, 3.8) is 0 Å². The molecule has 4 rings (SSSR count). The van der Waals surface area contributed by atoms with Gasteiger partial charge in [-0.25, -0.2) is 0 Å². The zero-order valence-corrected chi connectivity index (χ0v) is 21.6. The molecule has 0 radical (unpaired) electrons. The Hall–Kier alpha value is -1.95. The monoisotopic (exact) mass is 554 g/mol. The predicted octanol–water partition coefficient (Wildman–Crippen LogP) is 7.64. The number of nitrogens with one attached hydrogen (secondary N) is 2. The van der Waals surface area contributed by atoms with Crippen LogP contribution in [0.25, 0.3) is 0 Å². The Morgan fingerprint density at radius 1 is 0.882 bits per heavy atom. The highest BCUT2D eigenvalue weighted by molar-refractivity contribution is 6.53. The highest BCUT2D eigenvalue weighted by atomic mass is 35.5. The van der Waals surface area contributed by atoms with E-state index in [1.165, 1.54) is 0 Å². The van der Waals surface area contributed by atoms with E-state index in [0.29, 0.717) is 31.9 Å². The maximum Gasteiger partial charge on any atom is 0.231 e. The van der Waals surface area contributed by atoms with Crippen molar-refractivity contribution in [2.24, 2.45) is 5.92 Å². The van der Waals surface area contributed by atoms with Gasteiger partial charge in [-0.15, -0.1) is 23.2 Å². The molecule has 1 amide bonds. The van der Waals surface area contributed by atoms with E-state index in [-0.39, 0.29) is 18.1 Å². The molecule has 4 nitrogen and oxygen atoms in total. The van der Waals surface area contributed by atoms with Crippen molar-refractivity contribution in [3.05, 3.63) is 92.4 Å². The second-order valence-corrected chi connectivity index (χ2v) is 10.8. The van der Waals surface area contributed by atoms with Gasteiger partial charge in [-0.1, -0.05) is 46.9 Å². The van der Waals surface area contributed by atoms with Crippen molar-refractivity contribution < 1.29 is 9.59 Å². The summed E-state index contributed by atoms with van der Waals surface area (Å²) in [5.41, 5.74) is 3.21. The van der Waals surface area contributed by atoms with E-state index >= 15 is 0 Å². The highest BCUT2D eigenvalue weighted by Crippen LogP contribution is 2.65. The average Bonchev–Trinajstić information content (AvgIpc) is 3.37. The zero-order chi connectivity index (χ0) is 24.6. The molecule has 2 N–H and O–H groups in total. The Morgan fingerprint density at radius 3 is 2.12 bits per heavy atom. The van der Waals surface area contributed by atoms with Crippen LogP contribution in [0.1, 0.15) is 27.4 Å². The van der Waals surface area contributed by atoms with Crippen LogP contribution in [0, 0.1) is 5.92 Å². The smallest absolute Gasteiger partial charge is 0.231 e. The van der Waals surface area contributed by atoms with E-state index in [2.05, 4.69) is 10.6 Å². The van der Waals surface area contributed by atoms with Gasteiger partial charge >= 0.3 is 0 Å². The fraction of sp³-hybridized carbons (Fsp3) is 0.200. The molecule has 1 aliphatic carbocycles. The Morgan fingerprint density at radius 2 is 1.50 bits per heavy atom. The number of amides is 1. The maximum absolute atomic E-state index is 13.0. The third-order valence-corrected chi connectivity index (χ3v) is 7.43. The van der Waals surface area contributed by atoms with Crippen LogP contribution in [-0.4, -0.2) is 23.1 Å². The van der Waals surface area contributed by atoms with Gasteiger partial charge in [0.05, 0.1) is 10.9 Å². The molecule has 1 fully saturated rings. The molecule has 1 saturated carbocycles. The second-order valence-electron chi connectivity index (χ2n) is 8.06. The minimum absolute atomic E-state index is 0.166. The predicted molar refractivity (Wildman–Crippen MR) is 141 cm³/mol. The zero-order valence-electron chi connectivity index (χ0n) is 17.8. The van der Waals surface area contributed by atoms with Gasteiger partial charge in [-0.3, -0.25) is 9.59 Å². The number of alkyl halides is 2. The minimum Gasteiger partial charge on any atom is -0.388 e. The van der Waals surface area contributed by atoms with Gasteiger partial charge < -0.3 is 10.6 Å². The molecule has 1 aliphatic rings. The molecule has 3 aromatic rings. The molecule has 0 spiro atoms. The van der Waals surface area contributed by atoms with Crippen LogP contribution in [0.15, 0.2) is 60.7 Å². The number of hydrogen-bond acceptors (Lipinski definition) is 3. The van der Waals surface area contributed by atoms with Gasteiger partial charge in [0.15, 0.2) is 5.78 Å². The van der Waals surface area contributed by atoms with E-state index < -0.39 is 16.2 Å². The van der Waals surface area contributed by atoms with Crippen LogP contribution >= 0.6 is 58.0 Å². The molecule has 0 aromatic heterocycles. The molecule has 0 heterocycles. The summed E-state index contributed by atoms with van der Waals surface area (Å²) in [7, 11) is 1.83. The van der Waals surface area contributed by atoms with Crippen LogP contribution in [0.4, 0.5) is 11.4 Å². The number of Topliss-reactive ketones (excluding diaryl/α,β-unsaturated/α-hetero) is 1. The van der Waals surface area contributed by atoms with Gasteiger partial charge in [-0.2, -0.15) is 0 Å². The summed E-state index contributed by atoms with van der Waals surface area (Å²) >= 11 is 31.3. The third-order valence-electron chi connectivity index (χ3n) is 5.72. The standard InChI is InChI=1S/C25H19Cl5N2O2/c1-31-17-4-2-13(3-5-17)8-21(33)19-12-18(6-7-20(19)28)32-24(34)23-22(25(23,29)30)14-9-15(26)11-16(27)10-14/h2-7,9-12,22-23,31H,8H2,1H3,(H,32,34). The summed E-state index contributed by atoms with van der Waals surface area (Å²) in [6.45, 7) is 0. The van der Waals surface area contributed by atoms with E-state index in [1.807, 2.05) is 31.3 Å². The number of halogens is 5. The van der Waals surface area contributed by atoms with E-state index in [4.69, 9.17) is 58.0 Å². The Balaban J connectivity index is 1.49. The largest absolute Gasteiger partial charge is 0.388 e. The molecule has 176 valence electrons. The minimum atomic E-state index is -1.30. The molecule has 0 aliphatic heterocycles. The third kappa shape index (κ3) is 5.32. The Labute approximate surface area is 222 Å². The van der Waals surface area contributed by atoms with E-state index in [0.717, 1.165) is 11.3 Å². The number of ketones is 1. The summed E-state index contributed by atoms with van der Waals surface area (Å²) in [5.74, 6) is -1.73. The molecular formula is C25H19Cl5N2O2. The first-order chi connectivity index (χ1) is 16.1. The van der Waals surface area contributed by atoms with Crippen LogP contribution < -0.4 is 10.6 Å². The fourth-order valence-corrected chi connectivity index (χ4v) is 5.52. The second kappa shape index (κ2) is 9.96. The number of rotatable bonds is 7. The van der Waals surface area contributed by atoms with Crippen LogP contribution in [-0.2, 0) is 11.2 Å². The number of carbonyl (C=O) groups is 2. The van der Waals surface area contributed by atoms with Crippen molar-refractivity contribution in [1.82, 2.24) is 0 Å². The first kappa shape index (κ1) is 25.2. The maximum atomic E-state index is 13.0. The number of hydrogen-bond donors (Lipinski definition) is 2. The lowest BCUT2D eigenvalue weighted by Gasteiger charge is -2.10. The number of carbonyl (C=O) groups excluding carboxylic acids is 2. The van der Waals surface area contributed by atoms with Crippen LogP contribution in [0.5, 0.6) is 0 Å². The summed E-state index contributed by atoms with van der Waals surface area (Å²) in [6, 6.07) is 17.3. The molecule has 9 heteroatoms. The molecule has 2 unspecified atom stereocenters. The van der Waals surface area contributed by atoms with Gasteiger partial charge in [-0.05, 0) is 59.7 Å². The SMILES string of the molecule is CNc1ccc(CC(=O)c2cc(NC(=O)C3C(c4cc(Cl)cc(Cl)c4)C3(Cl)Cl)ccc2Cl)cc1. The molecule has 34 heavy (non-hydrogen) atoms. The van der Waals surface area contributed by atoms with Crippen molar-refractivity contribution >= 4 is 81.1 Å². The molecule has 0 saturated heterocycles. The van der Waals surface area contributed by atoms with Gasteiger partial charge in [0, 0.05) is 46.4 Å². The van der Waals surface area contributed by atoms with Crippen LogP contribution in [0.2, 0.25) is 15.1 Å². The lowest BCUT2D eigenvalue weighted by atomic mass is 10.0. The Kier molecular flexibility index (Phi) is 7.37. The number of anilines is 2. The van der Waals surface area contributed by atoms with Crippen molar-refractivity contribution in [2.75, 3.05) is 17.7 Å². The summed E-state index contributed by atoms with van der Waals surface area (Å²) in [6.07, 6.45) is 0.174. The topological polar surface area (TPSA) is 58.2 Å². The van der Waals surface area contributed by atoms with E-state index in [1.54, 1.807) is 36.4 Å². The number of benzene rings is 3. The highest BCUT2D eigenvalue weighted by Gasteiger charge is 2.67. The van der Waals surface area contributed by atoms with Gasteiger partial charge in [0.1, 0.15) is 4.33 Å². The first-order valence-electron chi connectivity index (χ1n) is 10.3. The molecule has 2 atom stereocenters. The molecular weight excluding hydrogens is 538 g/mol. The molecule has 3 aromatic carbocycles. The first-order valence-corrected chi connectivity index (χ1v) is 12.2. The van der Waals surface area contributed by atoms with Crippen molar-refractivity contribution in [1.29, 1.82) is 0 Å². The Bertz CT molecular complexity index is 1240. The quantitative estimate of drug-likeness (QED) is 0.232. The van der Waals surface area contributed by atoms with Crippen LogP contribution in [0.3, 0.4) is 0 Å².